The number of carbonyl (C=O) groups is 2. The molecular weight excluding hydrogens is 476 g/mol. The van der Waals surface area contributed by atoms with Crippen molar-refractivity contribution >= 4 is 57.0 Å². The molecule has 1 aliphatic heterocycles. The van der Waals surface area contributed by atoms with Gasteiger partial charge < -0.3 is 4.42 Å². The lowest BCUT2D eigenvalue weighted by molar-refractivity contribution is -0.123. The summed E-state index contributed by atoms with van der Waals surface area (Å²) in [5, 5.41) is 11.9. The Morgan fingerprint density at radius 3 is 2.33 bits per heavy atom. The fourth-order valence-corrected chi connectivity index (χ4v) is 4.38. The van der Waals surface area contributed by atoms with E-state index in [0.717, 1.165) is 21.8 Å². The van der Waals surface area contributed by atoms with Crippen LogP contribution in [0.1, 0.15) is 5.56 Å². The van der Waals surface area contributed by atoms with Crippen molar-refractivity contribution in [1.29, 1.82) is 0 Å². The second kappa shape index (κ2) is 8.40. The number of amides is 2. The number of carbonyl (C=O) groups excluding carboxylic acids is 2. The molecule has 3 heterocycles. The third-order valence-corrected chi connectivity index (χ3v) is 6.09. The number of para-hydroxylation sites is 1. The molecule has 1 aliphatic rings. The van der Waals surface area contributed by atoms with E-state index in [4.69, 9.17) is 16.6 Å². The third kappa shape index (κ3) is 3.68. The molecule has 1 fully saturated rings. The molecule has 2 N–H and O–H groups in total. The molecule has 5 aromatic rings. The topological polar surface area (TPSA) is 106 Å². The molecule has 0 radical (unpaired) electrons. The predicted molar refractivity (Wildman–Crippen MR) is 139 cm³/mol. The molecule has 3 aromatic carbocycles. The van der Waals surface area contributed by atoms with Crippen molar-refractivity contribution in [3.63, 3.8) is 0 Å². The van der Waals surface area contributed by atoms with Gasteiger partial charge in [-0.15, -0.1) is 0 Å². The summed E-state index contributed by atoms with van der Waals surface area (Å²) in [5.74, 6) is -1.28. The molecule has 36 heavy (non-hydrogen) atoms. The van der Waals surface area contributed by atoms with Crippen LogP contribution in [0.3, 0.4) is 0 Å². The van der Waals surface area contributed by atoms with Crippen molar-refractivity contribution in [2.75, 3.05) is 0 Å². The van der Waals surface area contributed by atoms with Gasteiger partial charge in [0, 0.05) is 22.5 Å². The Morgan fingerprint density at radius 1 is 0.861 bits per heavy atom. The van der Waals surface area contributed by atoms with Crippen LogP contribution in [0, 0.1) is 0 Å². The molecule has 8 nitrogen and oxygen atoms in total. The summed E-state index contributed by atoms with van der Waals surface area (Å²) in [7, 11) is 0. The highest BCUT2D eigenvalue weighted by molar-refractivity contribution is 7.80. The summed E-state index contributed by atoms with van der Waals surface area (Å²) < 4.78 is 7.35. The number of hydrogen-bond donors (Lipinski definition) is 2. The predicted octanol–water partition coefficient (Wildman–Crippen LogP) is 3.71. The van der Waals surface area contributed by atoms with E-state index >= 15 is 0 Å². The van der Waals surface area contributed by atoms with Crippen LogP contribution in [0.5, 0.6) is 0 Å². The number of nitrogens with one attached hydrogen (secondary N) is 2. The number of hydrogen-bond acceptors (Lipinski definition) is 6. The number of thiocarbonyl (C=S) groups is 1. The van der Waals surface area contributed by atoms with Gasteiger partial charge in [-0.1, -0.05) is 54.6 Å². The third-order valence-electron chi connectivity index (χ3n) is 5.89. The first-order chi connectivity index (χ1) is 17.5. The molecule has 1 saturated heterocycles. The van der Waals surface area contributed by atoms with Crippen molar-refractivity contribution < 1.29 is 14.0 Å². The van der Waals surface area contributed by atoms with Crippen LogP contribution in [0.15, 0.2) is 93.8 Å². The van der Waals surface area contributed by atoms with Crippen molar-refractivity contribution in [1.82, 2.24) is 20.4 Å². The van der Waals surface area contributed by atoms with Crippen LogP contribution in [-0.4, -0.2) is 26.7 Å². The maximum absolute atomic E-state index is 13.2. The minimum atomic E-state index is -0.640. The Kier molecular flexibility index (Phi) is 5.05. The average molecular weight is 493 g/mol. The van der Waals surface area contributed by atoms with Crippen molar-refractivity contribution in [2.24, 2.45) is 0 Å². The molecule has 2 amide bonds. The van der Waals surface area contributed by atoms with E-state index in [2.05, 4.69) is 15.7 Å². The SMILES string of the molecule is O=C1NC(=S)NC(=O)C1=Cc1cn(-c2ccccc2)nc1-c1cc2ccc3ccccc3c2oc1=O. The maximum atomic E-state index is 13.2. The van der Waals surface area contributed by atoms with Gasteiger partial charge in [-0.3, -0.25) is 20.2 Å². The van der Waals surface area contributed by atoms with Crippen LogP contribution in [-0.2, 0) is 9.59 Å². The minimum Gasteiger partial charge on any atom is -0.422 e. The van der Waals surface area contributed by atoms with Gasteiger partial charge in [0.05, 0.1) is 11.3 Å². The first kappa shape index (κ1) is 21.6. The highest BCUT2D eigenvalue weighted by Crippen LogP contribution is 2.29. The number of nitrogens with zero attached hydrogens (tertiary/aromatic N) is 2. The Bertz CT molecular complexity index is 1800. The Hall–Kier alpha value is -4.89. The monoisotopic (exact) mass is 492 g/mol. The first-order valence-corrected chi connectivity index (χ1v) is 11.4. The smallest absolute Gasteiger partial charge is 0.345 e. The largest absolute Gasteiger partial charge is 0.422 e. The molecule has 0 spiro atoms. The lowest BCUT2D eigenvalue weighted by Gasteiger charge is -2.16. The molecule has 9 heteroatoms. The van der Waals surface area contributed by atoms with Crippen molar-refractivity contribution in [2.45, 2.75) is 0 Å². The zero-order valence-electron chi connectivity index (χ0n) is 18.5. The molecule has 6 rings (SSSR count). The average Bonchev–Trinajstić information content (AvgIpc) is 3.30. The Labute approximate surface area is 208 Å². The summed E-state index contributed by atoms with van der Waals surface area (Å²) in [4.78, 5) is 38.2. The molecule has 0 atom stereocenters. The molecule has 0 unspecified atom stereocenters. The quantitative estimate of drug-likeness (QED) is 0.131. The van der Waals surface area contributed by atoms with Crippen LogP contribution in [0.2, 0.25) is 0 Å². The van der Waals surface area contributed by atoms with Gasteiger partial charge in [-0.05, 0) is 41.9 Å². The molecule has 0 aliphatic carbocycles. The molecule has 0 bridgehead atoms. The molecule has 174 valence electrons. The lowest BCUT2D eigenvalue weighted by atomic mass is 10.0. The summed E-state index contributed by atoms with van der Waals surface area (Å²) in [6.45, 7) is 0. The Balaban J connectivity index is 1.58. The van der Waals surface area contributed by atoms with Crippen molar-refractivity contribution in [3.8, 4) is 16.9 Å². The summed E-state index contributed by atoms with van der Waals surface area (Å²) in [6.07, 6.45) is 3.04. The van der Waals surface area contributed by atoms with Gasteiger partial charge in [0.2, 0.25) is 0 Å². The summed E-state index contributed by atoms with van der Waals surface area (Å²) in [5.41, 5.74) is 1.32. The van der Waals surface area contributed by atoms with E-state index in [0.29, 0.717) is 11.1 Å². The zero-order valence-corrected chi connectivity index (χ0v) is 19.3. The highest BCUT2D eigenvalue weighted by atomic mass is 32.1. The maximum Gasteiger partial charge on any atom is 0.345 e. The molecule has 0 saturated carbocycles. The fourth-order valence-electron chi connectivity index (χ4n) is 4.19. The van der Waals surface area contributed by atoms with E-state index in [-0.39, 0.29) is 21.9 Å². The van der Waals surface area contributed by atoms with Gasteiger partial charge in [0.25, 0.3) is 11.8 Å². The standard InChI is InChI=1S/C27H16N4O4S/c32-24-21(25(33)29-27(36)28-24)13-17-14-31(18-7-2-1-3-8-18)30-22(17)20-12-16-11-10-15-6-4-5-9-19(15)23(16)35-26(20)34/h1-14H,(H2,28,29,32,33,36). The summed E-state index contributed by atoms with van der Waals surface area (Å²) >= 11 is 4.88. The van der Waals surface area contributed by atoms with Crippen LogP contribution in [0.4, 0.5) is 0 Å². The van der Waals surface area contributed by atoms with Crippen LogP contribution < -0.4 is 16.3 Å². The van der Waals surface area contributed by atoms with Crippen LogP contribution >= 0.6 is 12.2 Å². The lowest BCUT2D eigenvalue weighted by Crippen LogP contribution is -2.51. The van der Waals surface area contributed by atoms with E-state index < -0.39 is 17.4 Å². The number of fused-ring (bicyclic) bond motifs is 3. The second-order valence-electron chi connectivity index (χ2n) is 8.16. The van der Waals surface area contributed by atoms with Gasteiger partial charge in [-0.25, -0.2) is 9.48 Å². The molecule has 2 aromatic heterocycles. The van der Waals surface area contributed by atoms with Gasteiger partial charge in [0.1, 0.15) is 16.9 Å². The molecular formula is C27H16N4O4S. The second-order valence-corrected chi connectivity index (χ2v) is 8.57. The first-order valence-electron chi connectivity index (χ1n) is 11.0. The summed E-state index contributed by atoms with van der Waals surface area (Å²) in [6, 6.07) is 22.5. The van der Waals surface area contributed by atoms with E-state index in [1.54, 1.807) is 16.9 Å². The van der Waals surface area contributed by atoms with Gasteiger partial charge in [-0.2, -0.15) is 5.10 Å². The highest BCUT2D eigenvalue weighted by Gasteiger charge is 2.27. The van der Waals surface area contributed by atoms with Crippen molar-refractivity contribution in [3.05, 3.63) is 101 Å². The zero-order chi connectivity index (χ0) is 24.8. The number of rotatable bonds is 3. The van der Waals surface area contributed by atoms with Gasteiger partial charge >= 0.3 is 5.63 Å². The fraction of sp³-hybridized carbons (Fsp3) is 0. The Morgan fingerprint density at radius 2 is 1.56 bits per heavy atom. The number of aromatic nitrogens is 2. The van der Waals surface area contributed by atoms with E-state index in [1.165, 1.54) is 6.08 Å². The minimum absolute atomic E-state index is 0.0650. The van der Waals surface area contributed by atoms with E-state index in [9.17, 15) is 14.4 Å². The van der Waals surface area contributed by atoms with Gasteiger partial charge in [0.15, 0.2) is 5.11 Å². The number of benzene rings is 3. The normalized spacial score (nSPS) is 13.7. The van der Waals surface area contributed by atoms with E-state index in [1.807, 2.05) is 66.7 Å². The van der Waals surface area contributed by atoms with Crippen LogP contribution in [0.25, 0.3) is 44.8 Å².